The predicted molar refractivity (Wildman–Crippen MR) is 122 cm³/mol. The second-order valence-corrected chi connectivity index (χ2v) is 9.16. The summed E-state index contributed by atoms with van der Waals surface area (Å²) in [5.41, 5.74) is 1.10. The lowest BCUT2D eigenvalue weighted by atomic mass is 9.98. The van der Waals surface area contributed by atoms with E-state index in [4.69, 9.17) is 4.74 Å². The number of thioether (sulfide) groups is 1. The molecule has 3 atom stereocenters. The maximum Gasteiger partial charge on any atom is 0.410 e. The number of amides is 2. The number of ether oxygens (including phenoxy) is 1. The van der Waals surface area contributed by atoms with Crippen molar-refractivity contribution >= 4 is 40.3 Å². The Morgan fingerprint density at radius 3 is 2.64 bits per heavy atom. The Labute approximate surface area is 194 Å². The van der Waals surface area contributed by atoms with Crippen molar-refractivity contribution in [1.29, 1.82) is 0 Å². The van der Waals surface area contributed by atoms with Crippen LogP contribution in [0.5, 0.6) is 0 Å². The van der Waals surface area contributed by atoms with Gasteiger partial charge < -0.3 is 15.0 Å². The highest BCUT2D eigenvalue weighted by atomic mass is 32.2. The van der Waals surface area contributed by atoms with Crippen LogP contribution in [0.4, 0.5) is 16.2 Å². The van der Waals surface area contributed by atoms with E-state index in [1.54, 1.807) is 25.3 Å². The molecule has 1 fully saturated rings. The van der Waals surface area contributed by atoms with E-state index in [9.17, 15) is 24.5 Å². The third-order valence-electron chi connectivity index (χ3n) is 5.30. The highest BCUT2D eigenvalue weighted by Crippen LogP contribution is 2.33. The van der Waals surface area contributed by atoms with Crippen LogP contribution in [-0.4, -0.2) is 49.8 Å². The number of anilines is 1. The number of aromatic nitrogens is 1. The molecule has 1 saturated heterocycles. The van der Waals surface area contributed by atoms with Crippen LogP contribution in [0.15, 0.2) is 48.8 Å². The van der Waals surface area contributed by atoms with Gasteiger partial charge in [0.05, 0.1) is 22.7 Å². The summed E-state index contributed by atoms with van der Waals surface area (Å²) in [6.45, 7) is 3.40. The van der Waals surface area contributed by atoms with Crippen molar-refractivity contribution in [1.82, 2.24) is 9.88 Å². The van der Waals surface area contributed by atoms with Crippen molar-refractivity contribution in [2.24, 2.45) is 5.92 Å². The fraction of sp³-hybridized carbons (Fsp3) is 0.364. The van der Waals surface area contributed by atoms with Gasteiger partial charge >= 0.3 is 6.09 Å². The first-order valence-electron chi connectivity index (χ1n) is 10.3. The summed E-state index contributed by atoms with van der Waals surface area (Å²) in [7, 11) is 0. The number of hydrogen-bond donors (Lipinski definition) is 1. The van der Waals surface area contributed by atoms with Crippen molar-refractivity contribution in [2.45, 2.75) is 38.2 Å². The number of carbonyl (C=O) groups excluding carboxylic acids is 3. The van der Waals surface area contributed by atoms with E-state index in [1.165, 1.54) is 42.3 Å². The number of nitrogens with one attached hydrogen (secondary N) is 1. The van der Waals surface area contributed by atoms with Crippen molar-refractivity contribution in [3.8, 4) is 0 Å². The van der Waals surface area contributed by atoms with Gasteiger partial charge in [0.1, 0.15) is 6.61 Å². The van der Waals surface area contributed by atoms with Gasteiger partial charge in [0, 0.05) is 43.1 Å². The minimum atomic E-state index is -0.606. The lowest BCUT2D eigenvalue weighted by Gasteiger charge is -2.28. The average Bonchev–Trinajstić information content (AvgIpc) is 3.21. The number of hydrogen-bond acceptors (Lipinski definition) is 8. The number of benzene rings is 1. The van der Waals surface area contributed by atoms with Gasteiger partial charge in [0.2, 0.25) is 5.91 Å². The highest BCUT2D eigenvalue weighted by Gasteiger charge is 2.42. The normalized spacial score (nSPS) is 18.4. The molecule has 2 heterocycles. The first-order chi connectivity index (χ1) is 15.7. The van der Waals surface area contributed by atoms with Gasteiger partial charge in [0.15, 0.2) is 5.12 Å². The Morgan fingerprint density at radius 1 is 1.30 bits per heavy atom. The number of carbonyl (C=O) groups is 3. The Balaban J connectivity index is 1.67. The predicted octanol–water partition coefficient (Wildman–Crippen LogP) is 3.62. The molecular weight excluding hydrogens is 448 g/mol. The van der Waals surface area contributed by atoms with E-state index in [-0.39, 0.29) is 35.1 Å². The Morgan fingerprint density at radius 2 is 2.03 bits per heavy atom. The Hall–Kier alpha value is -3.47. The third kappa shape index (κ3) is 6.51. The zero-order valence-electron chi connectivity index (χ0n) is 18.2. The van der Waals surface area contributed by atoms with Crippen LogP contribution in [0.3, 0.4) is 0 Å². The number of non-ortho nitro benzene ring substituents is 1. The van der Waals surface area contributed by atoms with E-state index in [2.05, 4.69) is 10.3 Å². The molecule has 1 aliphatic heterocycles. The number of nitro groups is 1. The Bertz CT molecular complexity index is 1020. The average molecular weight is 473 g/mol. The van der Waals surface area contributed by atoms with Crippen LogP contribution in [0.2, 0.25) is 0 Å². The summed E-state index contributed by atoms with van der Waals surface area (Å²) >= 11 is 1.14. The SMILES string of the molecule is CC(=O)S[C@H]1C[C@H](C(C)C(=O)Nc2cccnc2)N(C(=O)OCc2ccc([N+](=O)[O-])cc2)C1. The van der Waals surface area contributed by atoms with Crippen LogP contribution >= 0.6 is 11.8 Å². The molecule has 3 rings (SSSR count). The minimum Gasteiger partial charge on any atom is -0.445 e. The fourth-order valence-corrected chi connectivity index (χ4v) is 4.64. The lowest BCUT2D eigenvalue weighted by Crippen LogP contribution is -2.43. The molecule has 0 radical (unpaired) electrons. The fourth-order valence-electron chi connectivity index (χ4n) is 3.64. The molecule has 0 aliphatic carbocycles. The monoisotopic (exact) mass is 472 g/mol. The molecule has 10 nitrogen and oxygen atoms in total. The van der Waals surface area contributed by atoms with Crippen LogP contribution in [0.1, 0.15) is 25.8 Å². The van der Waals surface area contributed by atoms with Crippen molar-refractivity contribution < 1.29 is 24.0 Å². The highest BCUT2D eigenvalue weighted by molar-refractivity contribution is 8.14. The first kappa shape index (κ1) is 24.2. The summed E-state index contributed by atoms with van der Waals surface area (Å²) in [6, 6.07) is 8.69. The van der Waals surface area contributed by atoms with Crippen molar-refractivity contribution in [3.63, 3.8) is 0 Å². The lowest BCUT2D eigenvalue weighted by molar-refractivity contribution is -0.384. The molecule has 33 heavy (non-hydrogen) atoms. The summed E-state index contributed by atoms with van der Waals surface area (Å²) in [5, 5.41) is 13.4. The van der Waals surface area contributed by atoms with Gasteiger partial charge in [-0.2, -0.15) is 0 Å². The third-order valence-corrected chi connectivity index (χ3v) is 6.31. The molecule has 0 spiro atoms. The first-order valence-corrected chi connectivity index (χ1v) is 11.2. The smallest absolute Gasteiger partial charge is 0.410 e. The standard InChI is InChI=1S/C22H24N4O6S/c1-14(21(28)24-17-4-3-9-23-11-17)20-10-19(33-15(2)27)12-25(20)22(29)32-13-16-5-7-18(8-6-16)26(30)31/h3-9,11,14,19-20H,10,12-13H2,1-2H3,(H,24,28)/t14?,19-,20+/m0/s1. The molecule has 1 aromatic heterocycles. The van der Waals surface area contributed by atoms with E-state index in [0.29, 0.717) is 17.7 Å². The van der Waals surface area contributed by atoms with Gasteiger partial charge in [-0.25, -0.2) is 4.79 Å². The molecule has 0 saturated carbocycles. The quantitative estimate of drug-likeness (QED) is 0.477. The largest absolute Gasteiger partial charge is 0.445 e. The summed E-state index contributed by atoms with van der Waals surface area (Å²) in [6.07, 6.45) is 3.00. The van der Waals surface area contributed by atoms with E-state index < -0.39 is 23.0 Å². The summed E-state index contributed by atoms with van der Waals surface area (Å²) in [4.78, 5) is 53.0. The molecule has 1 aliphatic rings. The molecule has 1 aromatic carbocycles. The number of likely N-dealkylation sites (tertiary alicyclic amines) is 1. The van der Waals surface area contributed by atoms with Crippen molar-refractivity contribution in [3.05, 3.63) is 64.5 Å². The Kier molecular flexibility index (Phi) is 7.99. The van der Waals surface area contributed by atoms with Gasteiger partial charge in [-0.1, -0.05) is 18.7 Å². The maximum absolute atomic E-state index is 12.9. The zero-order valence-corrected chi connectivity index (χ0v) is 19.0. The molecule has 2 aromatic rings. The summed E-state index contributed by atoms with van der Waals surface area (Å²) in [5.74, 6) is -0.829. The number of nitro benzene ring substituents is 1. The number of rotatable bonds is 7. The number of nitrogens with zero attached hydrogens (tertiary/aromatic N) is 3. The van der Waals surface area contributed by atoms with E-state index in [1.807, 2.05) is 0 Å². The van der Waals surface area contributed by atoms with Crippen LogP contribution < -0.4 is 5.32 Å². The van der Waals surface area contributed by atoms with Crippen LogP contribution in [0.25, 0.3) is 0 Å². The van der Waals surface area contributed by atoms with Gasteiger partial charge in [-0.3, -0.25) is 24.7 Å². The second kappa shape index (κ2) is 10.9. The molecule has 1 unspecified atom stereocenters. The topological polar surface area (TPSA) is 132 Å². The minimum absolute atomic E-state index is 0.0535. The second-order valence-electron chi connectivity index (χ2n) is 7.68. The molecule has 1 N–H and O–H groups in total. The van der Waals surface area contributed by atoms with E-state index >= 15 is 0 Å². The van der Waals surface area contributed by atoms with Gasteiger partial charge in [0.25, 0.3) is 5.69 Å². The molecule has 2 amide bonds. The molecule has 11 heteroatoms. The van der Waals surface area contributed by atoms with Crippen LogP contribution in [-0.2, 0) is 20.9 Å². The maximum atomic E-state index is 12.9. The number of pyridine rings is 1. The zero-order chi connectivity index (χ0) is 24.0. The van der Waals surface area contributed by atoms with Crippen LogP contribution in [0, 0.1) is 16.0 Å². The van der Waals surface area contributed by atoms with Gasteiger partial charge in [-0.05, 0) is 36.2 Å². The molecule has 174 valence electrons. The summed E-state index contributed by atoms with van der Waals surface area (Å²) < 4.78 is 5.43. The van der Waals surface area contributed by atoms with Crippen molar-refractivity contribution in [2.75, 3.05) is 11.9 Å². The van der Waals surface area contributed by atoms with E-state index in [0.717, 1.165) is 11.8 Å². The molecule has 0 bridgehead atoms. The van der Waals surface area contributed by atoms with Gasteiger partial charge in [-0.15, -0.1) is 0 Å². The molecular formula is C22H24N4O6S.